The number of hydrogen-bond acceptors (Lipinski definition) is 4. The first-order chi connectivity index (χ1) is 10.0. The Kier molecular flexibility index (Phi) is 3.76. The topological polar surface area (TPSA) is 28.2 Å². The van der Waals surface area contributed by atoms with Crippen molar-refractivity contribution in [1.29, 1.82) is 0 Å². The average Bonchev–Trinajstić information content (AvgIpc) is 3.02. The Balaban J connectivity index is 2.01. The zero-order chi connectivity index (χ0) is 15.0. The fraction of sp³-hybridized carbons (Fsp3) is 0.471. The molecule has 0 fully saturated rings. The van der Waals surface area contributed by atoms with Crippen LogP contribution in [0, 0.1) is 0 Å². The van der Waals surface area contributed by atoms with Gasteiger partial charge in [-0.1, -0.05) is 50.3 Å². The normalized spacial score (nSPS) is 14.6. The van der Waals surface area contributed by atoms with Gasteiger partial charge in [0.2, 0.25) is 0 Å². The van der Waals surface area contributed by atoms with Crippen LogP contribution >= 0.6 is 11.3 Å². The molecule has 0 saturated heterocycles. The molecule has 3 nitrogen and oxygen atoms in total. The minimum absolute atomic E-state index is 0.0835. The molecule has 1 N–H and O–H groups in total. The molecule has 0 unspecified atom stereocenters. The molecule has 4 heteroatoms. The van der Waals surface area contributed by atoms with Crippen LogP contribution < -0.4 is 10.2 Å². The smallest absolute Gasteiger partial charge is 0.190 e. The highest BCUT2D eigenvalue weighted by atomic mass is 32.1. The van der Waals surface area contributed by atoms with Crippen molar-refractivity contribution < 1.29 is 0 Å². The summed E-state index contributed by atoms with van der Waals surface area (Å²) in [4.78, 5) is 8.71. The van der Waals surface area contributed by atoms with Gasteiger partial charge in [0.25, 0.3) is 0 Å². The Hall–Kier alpha value is -1.39. The van der Waals surface area contributed by atoms with Crippen LogP contribution in [-0.2, 0) is 18.4 Å². The third kappa shape index (κ3) is 2.70. The van der Waals surface area contributed by atoms with Crippen molar-refractivity contribution in [3.8, 4) is 0 Å². The van der Waals surface area contributed by atoms with Gasteiger partial charge in [0.05, 0.1) is 5.69 Å². The molecule has 21 heavy (non-hydrogen) atoms. The standard InChI is InChI=1S/C17H23N3S/c1-17(2,3)15-14(11-18-4)21-16(19-15)20-10-9-12-7-5-6-8-13(12)20/h5-8,18H,9-11H2,1-4H3. The SMILES string of the molecule is CNCc1sc(N2CCc3ccccc32)nc1C(C)(C)C. The number of nitrogens with one attached hydrogen (secondary N) is 1. The summed E-state index contributed by atoms with van der Waals surface area (Å²) in [6, 6.07) is 8.67. The van der Waals surface area contributed by atoms with Crippen LogP contribution in [0.4, 0.5) is 10.8 Å². The summed E-state index contributed by atoms with van der Waals surface area (Å²) in [5, 5.41) is 4.41. The van der Waals surface area contributed by atoms with Gasteiger partial charge in [-0.15, -0.1) is 0 Å². The first-order valence-electron chi connectivity index (χ1n) is 7.51. The van der Waals surface area contributed by atoms with E-state index in [0.29, 0.717) is 0 Å². The molecule has 2 heterocycles. The van der Waals surface area contributed by atoms with Crippen LogP contribution in [0.5, 0.6) is 0 Å². The lowest BCUT2D eigenvalue weighted by atomic mass is 9.91. The highest BCUT2D eigenvalue weighted by molar-refractivity contribution is 7.15. The van der Waals surface area contributed by atoms with E-state index in [1.54, 1.807) is 0 Å². The molecule has 3 rings (SSSR count). The molecule has 0 radical (unpaired) electrons. The van der Waals surface area contributed by atoms with Gasteiger partial charge >= 0.3 is 0 Å². The first-order valence-corrected chi connectivity index (χ1v) is 8.32. The van der Waals surface area contributed by atoms with Crippen LogP contribution in [0.15, 0.2) is 24.3 Å². The molecule has 0 spiro atoms. The van der Waals surface area contributed by atoms with Gasteiger partial charge in [0.1, 0.15) is 0 Å². The van der Waals surface area contributed by atoms with E-state index in [-0.39, 0.29) is 5.41 Å². The maximum atomic E-state index is 4.99. The summed E-state index contributed by atoms with van der Waals surface area (Å²) in [6.07, 6.45) is 1.11. The van der Waals surface area contributed by atoms with Crippen LogP contribution in [0.2, 0.25) is 0 Å². The van der Waals surface area contributed by atoms with Crippen molar-refractivity contribution in [2.45, 2.75) is 39.2 Å². The minimum Gasteiger partial charge on any atom is -0.317 e. The van der Waals surface area contributed by atoms with E-state index in [0.717, 1.165) is 24.6 Å². The number of aromatic nitrogens is 1. The predicted molar refractivity (Wildman–Crippen MR) is 90.7 cm³/mol. The van der Waals surface area contributed by atoms with Crippen molar-refractivity contribution >= 4 is 22.2 Å². The fourth-order valence-electron chi connectivity index (χ4n) is 2.86. The van der Waals surface area contributed by atoms with Crippen LogP contribution in [-0.4, -0.2) is 18.6 Å². The number of fused-ring (bicyclic) bond motifs is 1. The van der Waals surface area contributed by atoms with Crippen LogP contribution in [0.3, 0.4) is 0 Å². The highest BCUT2D eigenvalue weighted by Gasteiger charge is 2.27. The molecule has 1 aromatic heterocycles. The maximum absolute atomic E-state index is 4.99. The van der Waals surface area contributed by atoms with Crippen molar-refractivity contribution in [3.05, 3.63) is 40.4 Å². The summed E-state index contributed by atoms with van der Waals surface area (Å²) < 4.78 is 0. The molecule has 0 bridgehead atoms. The lowest BCUT2D eigenvalue weighted by molar-refractivity contribution is 0.563. The van der Waals surface area contributed by atoms with Crippen LogP contribution in [0.25, 0.3) is 0 Å². The van der Waals surface area contributed by atoms with Gasteiger partial charge in [0.15, 0.2) is 5.13 Å². The van der Waals surface area contributed by atoms with E-state index < -0.39 is 0 Å². The van der Waals surface area contributed by atoms with Crippen molar-refractivity contribution in [1.82, 2.24) is 10.3 Å². The average molecular weight is 301 g/mol. The molecule has 112 valence electrons. The summed E-state index contributed by atoms with van der Waals surface area (Å²) >= 11 is 1.82. The third-order valence-corrected chi connectivity index (χ3v) is 4.93. The summed E-state index contributed by atoms with van der Waals surface area (Å²) in [5.41, 5.74) is 4.06. The molecule has 0 atom stereocenters. The Bertz CT molecular complexity index is 640. The zero-order valence-corrected chi connectivity index (χ0v) is 14.0. The molecular formula is C17H23N3S. The van der Waals surface area contributed by atoms with Gasteiger partial charge < -0.3 is 10.2 Å². The molecule has 1 aliphatic rings. The van der Waals surface area contributed by atoms with E-state index in [4.69, 9.17) is 4.98 Å². The second-order valence-electron chi connectivity index (χ2n) is 6.58. The van der Waals surface area contributed by atoms with E-state index in [2.05, 4.69) is 55.3 Å². The van der Waals surface area contributed by atoms with Gasteiger partial charge in [0, 0.05) is 29.1 Å². The summed E-state index contributed by atoms with van der Waals surface area (Å²) in [5.74, 6) is 0. The van der Waals surface area contributed by atoms with E-state index >= 15 is 0 Å². The molecule has 0 amide bonds. The molecule has 0 saturated carbocycles. The maximum Gasteiger partial charge on any atom is 0.190 e. The first kappa shape index (κ1) is 14.5. The Morgan fingerprint density at radius 1 is 1.29 bits per heavy atom. The monoisotopic (exact) mass is 301 g/mol. The molecule has 1 aliphatic heterocycles. The highest BCUT2D eigenvalue weighted by Crippen LogP contribution is 2.40. The minimum atomic E-state index is 0.0835. The summed E-state index contributed by atoms with van der Waals surface area (Å²) in [6.45, 7) is 8.64. The second-order valence-corrected chi connectivity index (χ2v) is 7.64. The van der Waals surface area contributed by atoms with Crippen molar-refractivity contribution in [2.75, 3.05) is 18.5 Å². The zero-order valence-electron chi connectivity index (χ0n) is 13.2. The largest absolute Gasteiger partial charge is 0.317 e. The van der Waals surface area contributed by atoms with E-state index in [9.17, 15) is 0 Å². The van der Waals surface area contributed by atoms with Crippen molar-refractivity contribution in [2.24, 2.45) is 0 Å². The lowest BCUT2D eigenvalue weighted by Crippen LogP contribution is -2.17. The number of hydrogen-bond donors (Lipinski definition) is 1. The number of para-hydroxylation sites is 1. The quantitative estimate of drug-likeness (QED) is 0.933. The molecule has 0 aliphatic carbocycles. The number of rotatable bonds is 3. The summed E-state index contributed by atoms with van der Waals surface area (Å²) in [7, 11) is 2.00. The number of thiazole rings is 1. The lowest BCUT2D eigenvalue weighted by Gasteiger charge is -2.18. The third-order valence-electron chi connectivity index (χ3n) is 3.85. The molecule has 1 aromatic carbocycles. The predicted octanol–water partition coefficient (Wildman–Crippen LogP) is 3.85. The van der Waals surface area contributed by atoms with Gasteiger partial charge in [-0.3, -0.25) is 0 Å². The van der Waals surface area contributed by atoms with Crippen LogP contribution in [0.1, 0.15) is 36.9 Å². The van der Waals surface area contributed by atoms with E-state index in [1.807, 2.05) is 18.4 Å². The van der Waals surface area contributed by atoms with E-state index in [1.165, 1.54) is 21.8 Å². The fourth-order valence-corrected chi connectivity index (χ4v) is 4.18. The molecular weight excluding hydrogens is 278 g/mol. The Labute approximate surface area is 131 Å². The van der Waals surface area contributed by atoms with Crippen molar-refractivity contribution in [3.63, 3.8) is 0 Å². The molecule has 2 aromatic rings. The van der Waals surface area contributed by atoms with Gasteiger partial charge in [-0.25, -0.2) is 4.98 Å². The van der Waals surface area contributed by atoms with Gasteiger partial charge in [-0.05, 0) is 25.1 Å². The number of anilines is 2. The second kappa shape index (κ2) is 5.43. The number of benzene rings is 1. The van der Waals surface area contributed by atoms with Gasteiger partial charge in [-0.2, -0.15) is 0 Å². The Morgan fingerprint density at radius 2 is 2.05 bits per heavy atom. The Morgan fingerprint density at radius 3 is 2.76 bits per heavy atom. The number of nitrogens with zero attached hydrogens (tertiary/aromatic N) is 2.